The van der Waals surface area contributed by atoms with Crippen molar-refractivity contribution in [2.24, 2.45) is 0 Å². The number of carbonyl (C=O) groups excluding carboxylic acids is 1. The van der Waals surface area contributed by atoms with Gasteiger partial charge in [0.2, 0.25) is 0 Å². The van der Waals surface area contributed by atoms with Crippen LogP contribution in [0, 0.1) is 14.9 Å². The highest BCUT2D eigenvalue weighted by atomic mass is 127. The molecule has 0 saturated carbocycles. The largest absolute Gasteiger partial charge is 0.490 e. The number of hydrogen-bond donors (Lipinski definition) is 0. The number of hydrogen-bond acceptors (Lipinski definition) is 4. The molecule has 0 aromatic heterocycles. The zero-order valence-corrected chi connectivity index (χ0v) is 19.8. The normalized spacial score (nSPS) is 11.0. The molecule has 152 valence electrons. The first-order valence-electron chi connectivity index (χ1n) is 8.63. The average molecular weight is 545 g/mol. The number of nitrogens with zero attached hydrogens (tertiary/aromatic N) is 2. The fourth-order valence-electron chi connectivity index (χ4n) is 2.41. The number of carbonyl (C=O) groups is 1. The van der Waals surface area contributed by atoms with Crippen molar-refractivity contribution in [3.05, 3.63) is 60.6 Å². The van der Waals surface area contributed by atoms with Crippen LogP contribution in [0.3, 0.4) is 0 Å². The number of nitriles is 1. The van der Waals surface area contributed by atoms with Crippen LogP contribution in [0.15, 0.2) is 35.9 Å². The second-order valence-corrected chi connectivity index (χ2v) is 8.15. The summed E-state index contributed by atoms with van der Waals surface area (Å²) in [7, 11) is 3.20. The minimum absolute atomic E-state index is 0.0396. The first-order valence-corrected chi connectivity index (χ1v) is 10.5. The number of rotatable bonds is 7. The average Bonchev–Trinajstić information content (AvgIpc) is 2.67. The third-order valence-electron chi connectivity index (χ3n) is 3.77. The topological polar surface area (TPSA) is 62.6 Å². The number of likely N-dealkylation sites (N-methyl/N-ethyl adjacent to an activating group) is 1. The predicted octanol–water partition coefficient (Wildman–Crippen LogP) is 5.57. The van der Waals surface area contributed by atoms with Crippen molar-refractivity contribution in [2.75, 3.05) is 20.7 Å². The Morgan fingerprint density at radius 2 is 1.93 bits per heavy atom. The van der Waals surface area contributed by atoms with E-state index in [1.807, 2.05) is 25.1 Å². The first-order chi connectivity index (χ1) is 13.8. The van der Waals surface area contributed by atoms with E-state index < -0.39 is 0 Å². The molecule has 2 rings (SSSR count). The van der Waals surface area contributed by atoms with Crippen molar-refractivity contribution in [1.29, 1.82) is 5.26 Å². The lowest BCUT2D eigenvalue weighted by atomic mass is 10.1. The highest BCUT2D eigenvalue weighted by Crippen LogP contribution is 2.36. The van der Waals surface area contributed by atoms with Gasteiger partial charge in [-0.1, -0.05) is 29.3 Å². The van der Waals surface area contributed by atoms with Crippen LogP contribution in [0.5, 0.6) is 11.5 Å². The smallest absolute Gasteiger partial charge is 0.264 e. The van der Waals surface area contributed by atoms with E-state index in [1.165, 1.54) is 11.0 Å². The van der Waals surface area contributed by atoms with Crippen molar-refractivity contribution < 1.29 is 14.3 Å². The standard InChI is InChI=1S/C21H19Cl2IN2O3/c1-4-28-19-10-14(7-15(11-25)21(27)26(2)3)9-18(24)20(19)29-12-13-5-6-16(22)17(23)8-13/h5-10H,4,12H2,1-3H3/b15-7-. The quantitative estimate of drug-likeness (QED) is 0.260. The van der Waals surface area contributed by atoms with Gasteiger partial charge in [-0.25, -0.2) is 0 Å². The van der Waals surface area contributed by atoms with Crippen LogP contribution >= 0.6 is 45.8 Å². The van der Waals surface area contributed by atoms with E-state index in [9.17, 15) is 10.1 Å². The molecular formula is C21H19Cl2IN2O3. The van der Waals surface area contributed by atoms with Crippen molar-refractivity contribution in [3.63, 3.8) is 0 Å². The summed E-state index contributed by atoms with van der Waals surface area (Å²) in [5.74, 6) is 0.744. The molecule has 29 heavy (non-hydrogen) atoms. The van der Waals surface area contributed by atoms with Gasteiger partial charge < -0.3 is 14.4 Å². The van der Waals surface area contributed by atoms with Gasteiger partial charge in [-0.3, -0.25) is 4.79 Å². The SMILES string of the molecule is CCOc1cc(/C=C(/C#N)C(=O)N(C)C)cc(I)c1OCc1ccc(Cl)c(Cl)c1. The van der Waals surface area contributed by atoms with Gasteiger partial charge in [-0.15, -0.1) is 0 Å². The van der Waals surface area contributed by atoms with E-state index >= 15 is 0 Å². The molecule has 0 saturated heterocycles. The Labute approximate surface area is 193 Å². The van der Waals surface area contributed by atoms with Crippen LogP contribution in [0.2, 0.25) is 10.0 Å². The van der Waals surface area contributed by atoms with Crippen LogP contribution in [0.4, 0.5) is 0 Å². The van der Waals surface area contributed by atoms with Gasteiger partial charge in [0.25, 0.3) is 5.91 Å². The molecule has 0 heterocycles. The number of halogens is 3. The lowest BCUT2D eigenvalue weighted by Gasteiger charge is -2.15. The number of ether oxygens (including phenoxy) is 2. The zero-order valence-electron chi connectivity index (χ0n) is 16.1. The molecule has 0 aliphatic carbocycles. The second-order valence-electron chi connectivity index (χ2n) is 6.17. The van der Waals surface area contributed by atoms with Crippen molar-refractivity contribution in [1.82, 2.24) is 4.90 Å². The van der Waals surface area contributed by atoms with Crippen molar-refractivity contribution >= 4 is 57.8 Å². The molecule has 8 heteroatoms. The molecule has 2 aromatic rings. The van der Waals surface area contributed by atoms with Gasteiger partial charge in [0.05, 0.1) is 20.2 Å². The molecule has 2 aromatic carbocycles. The first kappa shape index (κ1) is 23.3. The molecule has 0 bridgehead atoms. The van der Waals surface area contributed by atoms with Crippen molar-refractivity contribution in [3.8, 4) is 17.6 Å². The monoisotopic (exact) mass is 544 g/mol. The summed E-state index contributed by atoms with van der Waals surface area (Å²) in [6.07, 6.45) is 1.54. The molecule has 0 aliphatic rings. The van der Waals surface area contributed by atoms with E-state index in [0.717, 1.165) is 9.13 Å². The summed E-state index contributed by atoms with van der Waals surface area (Å²) in [6.45, 7) is 2.59. The Hall–Kier alpha value is -1.95. The minimum atomic E-state index is -0.361. The Bertz CT molecular complexity index is 985. The molecule has 5 nitrogen and oxygen atoms in total. The summed E-state index contributed by atoms with van der Waals surface area (Å²) in [4.78, 5) is 13.5. The van der Waals surface area contributed by atoms with E-state index in [-0.39, 0.29) is 18.1 Å². The van der Waals surface area contributed by atoms with Crippen LogP contribution in [0.25, 0.3) is 6.08 Å². The maximum atomic E-state index is 12.1. The molecule has 0 radical (unpaired) electrons. The summed E-state index contributed by atoms with van der Waals surface area (Å²) in [5.41, 5.74) is 1.58. The third-order valence-corrected chi connectivity index (χ3v) is 5.31. The lowest BCUT2D eigenvalue weighted by molar-refractivity contribution is -0.124. The molecule has 0 N–H and O–H groups in total. The van der Waals surface area contributed by atoms with Crippen LogP contribution in [-0.2, 0) is 11.4 Å². The van der Waals surface area contributed by atoms with Gasteiger partial charge in [0.15, 0.2) is 11.5 Å². The zero-order chi connectivity index (χ0) is 21.6. The molecule has 0 aliphatic heterocycles. The molecule has 0 unspecified atom stereocenters. The highest BCUT2D eigenvalue weighted by Gasteiger charge is 2.15. The Balaban J connectivity index is 2.35. The molecular weight excluding hydrogens is 526 g/mol. The maximum absolute atomic E-state index is 12.1. The van der Waals surface area contributed by atoms with Gasteiger partial charge >= 0.3 is 0 Å². The van der Waals surface area contributed by atoms with Gasteiger partial charge in [0.1, 0.15) is 18.2 Å². The molecule has 0 spiro atoms. The predicted molar refractivity (Wildman–Crippen MR) is 123 cm³/mol. The summed E-state index contributed by atoms with van der Waals surface area (Å²) in [5, 5.41) is 10.3. The maximum Gasteiger partial charge on any atom is 0.264 e. The van der Waals surface area contributed by atoms with Gasteiger partial charge in [-0.05, 0) is 71.0 Å². The molecule has 1 amide bonds. The highest BCUT2D eigenvalue weighted by molar-refractivity contribution is 14.1. The van der Waals surface area contributed by atoms with Crippen LogP contribution in [-0.4, -0.2) is 31.5 Å². The van der Waals surface area contributed by atoms with Crippen LogP contribution in [0.1, 0.15) is 18.1 Å². The fraction of sp³-hybridized carbons (Fsp3) is 0.238. The summed E-state index contributed by atoms with van der Waals surface area (Å²) < 4.78 is 12.5. The van der Waals surface area contributed by atoms with E-state index in [2.05, 4.69) is 22.6 Å². The Morgan fingerprint density at radius 1 is 1.21 bits per heavy atom. The Kier molecular flexibility index (Phi) is 8.62. The van der Waals surface area contributed by atoms with Crippen LogP contribution < -0.4 is 9.47 Å². The fourth-order valence-corrected chi connectivity index (χ4v) is 3.51. The molecule has 0 atom stereocenters. The van der Waals surface area contributed by atoms with Gasteiger partial charge in [0, 0.05) is 14.1 Å². The second kappa shape index (κ2) is 10.7. The lowest BCUT2D eigenvalue weighted by Crippen LogP contribution is -2.22. The summed E-state index contributed by atoms with van der Waals surface area (Å²) >= 11 is 14.1. The third kappa shape index (κ3) is 6.26. The number of benzene rings is 2. The van der Waals surface area contributed by atoms with E-state index in [4.69, 9.17) is 32.7 Å². The Morgan fingerprint density at radius 3 is 2.52 bits per heavy atom. The van der Waals surface area contributed by atoms with Crippen molar-refractivity contribution in [2.45, 2.75) is 13.5 Å². The number of amides is 1. The van der Waals surface area contributed by atoms with Gasteiger partial charge in [-0.2, -0.15) is 5.26 Å². The van der Waals surface area contributed by atoms with E-state index in [1.54, 1.807) is 32.3 Å². The molecule has 0 fully saturated rings. The minimum Gasteiger partial charge on any atom is -0.490 e. The summed E-state index contributed by atoms with van der Waals surface area (Å²) in [6, 6.07) is 10.8. The van der Waals surface area contributed by atoms with E-state index in [0.29, 0.717) is 33.7 Å².